The van der Waals surface area contributed by atoms with Gasteiger partial charge >= 0.3 is 5.69 Å². The molecule has 2 aromatic heterocycles. The zero-order chi connectivity index (χ0) is 30.0. The van der Waals surface area contributed by atoms with Crippen molar-refractivity contribution >= 4 is 50.1 Å². The maximum Gasteiger partial charge on any atom is 0.333 e. The quantitative estimate of drug-likeness (QED) is 0.209. The fourth-order valence-electron chi connectivity index (χ4n) is 4.53. The largest absolute Gasteiger partial charge is 0.336 e. The van der Waals surface area contributed by atoms with Crippen LogP contribution in [0.25, 0.3) is 11.2 Å². The van der Waals surface area contributed by atoms with Crippen molar-refractivity contribution < 1.29 is 12.8 Å². The average Bonchev–Trinajstić information content (AvgIpc) is 3.38. The number of imidazole rings is 1. The highest BCUT2D eigenvalue weighted by Gasteiger charge is 2.20. The summed E-state index contributed by atoms with van der Waals surface area (Å²) in [4.78, 5) is 34.2. The molecule has 5 aromatic rings. The van der Waals surface area contributed by atoms with Gasteiger partial charge in [0.05, 0.1) is 11.6 Å². The van der Waals surface area contributed by atoms with Crippen molar-refractivity contribution in [3.05, 3.63) is 120 Å². The predicted molar refractivity (Wildman–Crippen MR) is 162 cm³/mol. The highest BCUT2D eigenvalue weighted by molar-refractivity contribution is 7.92. The molecular weight excluding hydrogens is 604 g/mol. The lowest BCUT2D eigenvalue weighted by atomic mass is 10.1. The molecule has 0 aliphatic heterocycles. The minimum absolute atomic E-state index is 0.0405. The molecular formula is C29H26Cl2FN5O4S. The van der Waals surface area contributed by atoms with E-state index in [1.54, 1.807) is 36.4 Å². The molecule has 0 spiro atoms. The Morgan fingerprint density at radius 3 is 2.45 bits per heavy atom. The lowest BCUT2D eigenvalue weighted by molar-refractivity contribution is 0.553. The van der Waals surface area contributed by atoms with Crippen LogP contribution in [0.1, 0.15) is 36.7 Å². The molecule has 0 radical (unpaired) electrons. The number of benzene rings is 3. The Bertz CT molecular complexity index is 2000. The number of nitrogens with zero attached hydrogens (tertiary/aromatic N) is 3. The number of nitrogens with one attached hydrogen (secondary N) is 2. The Morgan fingerprint density at radius 2 is 1.74 bits per heavy atom. The fourth-order valence-corrected chi connectivity index (χ4v) is 6.35. The van der Waals surface area contributed by atoms with Crippen molar-refractivity contribution in [2.45, 2.75) is 44.2 Å². The summed E-state index contributed by atoms with van der Waals surface area (Å²) in [7, 11) is -3.98. The van der Waals surface area contributed by atoms with E-state index in [1.807, 2.05) is 6.92 Å². The molecule has 0 saturated carbocycles. The van der Waals surface area contributed by atoms with Gasteiger partial charge in [-0.25, -0.2) is 22.6 Å². The van der Waals surface area contributed by atoms with Crippen molar-refractivity contribution in [3.63, 3.8) is 0 Å². The number of hydrogen-bond acceptors (Lipinski definition) is 5. The second kappa shape index (κ2) is 12.1. The van der Waals surface area contributed by atoms with Crippen molar-refractivity contribution in [2.24, 2.45) is 0 Å². The highest BCUT2D eigenvalue weighted by atomic mass is 35.5. The molecule has 42 heavy (non-hydrogen) atoms. The van der Waals surface area contributed by atoms with Crippen LogP contribution in [-0.4, -0.2) is 27.5 Å². The van der Waals surface area contributed by atoms with E-state index in [2.05, 4.69) is 14.7 Å². The van der Waals surface area contributed by atoms with Gasteiger partial charge in [-0.1, -0.05) is 66.9 Å². The van der Waals surface area contributed by atoms with E-state index in [4.69, 9.17) is 23.2 Å². The van der Waals surface area contributed by atoms with E-state index in [-0.39, 0.29) is 44.6 Å². The number of aryl methyl sites for hydroxylation is 1. The smallest absolute Gasteiger partial charge is 0.333 e. The van der Waals surface area contributed by atoms with Crippen LogP contribution in [0.2, 0.25) is 10.0 Å². The number of rotatable bonds is 10. The van der Waals surface area contributed by atoms with Gasteiger partial charge in [-0.3, -0.25) is 18.7 Å². The van der Waals surface area contributed by atoms with E-state index < -0.39 is 27.1 Å². The number of fused-ring (bicyclic) bond motifs is 1. The summed E-state index contributed by atoms with van der Waals surface area (Å²) < 4.78 is 45.0. The highest BCUT2D eigenvalue weighted by Crippen LogP contribution is 2.27. The zero-order valence-corrected chi connectivity index (χ0v) is 24.7. The number of aromatic amines is 1. The lowest BCUT2D eigenvalue weighted by Crippen LogP contribution is -2.40. The third kappa shape index (κ3) is 6.13. The van der Waals surface area contributed by atoms with Crippen molar-refractivity contribution in [3.8, 4) is 0 Å². The second-order valence-electron chi connectivity index (χ2n) is 9.71. The van der Waals surface area contributed by atoms with Crippen LogP contribution < -0.4 is 16.0 Å². The van der Waals surface area contributed by atoms with Crippen LogP contribution in [0.15, 0.2) is 81.2 Å². The molecule has 0 fully saturated rings. The molecule has 0 unspecified atom stereocenters. The minimum atomic E-state index is -3.98. The number of hydrogen-bond donors (Lipinski definition) is 2. The first-order valence-electron chi connectivity index (χ1n) is 13.1. The molecule has 0 bridgehead atoms. The van der Waals surface area contributed by atoms with E-state index in [0.29, 0.717) is 24.5 Å². The van der Waals surface area contributed by atoms with Crippen LogP contribution in [0, 0.1) is 5.82 Å². The molecule has 3 aromatic carbocycles. The SMILES string of the molecule is CCCCn1c(=O)n(Cc2ccccc2F)c(=O)c2[nH]c(Cc3ccc(NS(=O)(=O)c4cc(Cl)ccc4Cl)cc3)nc21. The summed E-state index contributed by atoms with van der Waals surface area (Å²) in [5.41, 5.74) is 0.552. The Morgan fingerprint density at radius 1 is 1.00 bits per heavy atom. The van der Waals surface area contributed by atoms with Gasteiger partial charge < -0.3 is 4.98 Å². The Balaban J connectivity index is 1.44. The van der Waals surface area contributed by atoms with Gasteiger partial charge in [0.1, 0.15) is 22.1 Å². The summed E-state index contributed by atoms with van der Waals surface area (Å²) in [5.74, 6) is -0.0647. The van der Waals surface area contributed by atoms with Gasteiger partial charge in [-0.2, -0.15) is 0 Å². The van der Waals surface area contributed by atoms with Gasteiger partial charge in [0.15, 0.2) is 5.65 Å². The first-order chi connectivity index (χ1) is 20.1. The topological polar surface area (TPSA) is 119 Å². The monoisotopic (exact) mass is 629 g/mol. The number of aromatic nitrogens is 4. The maximum atomic E-state index is 14.3. The average molecular weight is 631 g/mol. The molecule has 0 amide bonds. The lowest BCUT2D eigenvalue weighted by Gasteiger charge is -2.11. The van der Waals surface area contributed by atoms with Crippen LogP contribution >= 0.6 is 23.2 Å². The Kier molecular flexibility index (Phi) is 8.53. The van der Waals surface area contributed by atoms with Gasteiger partial charge in [0, 0.05) is 29.2 Å². The maximum absolute atomic E-state index is 14.3. The Labute approximate surface area is 250 Å². The first kappa shape index (κ1) is 29.6. The van der Waals surface area contributed by atoms with Crippen LogP contribution in [0.5, 0.6) is 0 Å². The minimum Gasteiger partial charge on any atom is -0.336 e. The number of anilines is 1. The molecule has 0 aliphatic rings. The van der Waals surface area contributed by atoms with E-state index in [9.17, 15) is 22.4 Å². The molecule has 0 aliphatic carbocycles. The Hall–Kier alpha value is -3.93. The van der Waals surface area contributed by atoms with Crippen LogP contribution in [0.3, 0.4) is 0 Å². The van der Waals surface area contributed by atoms with Gasteiger partial charge in [0.25, 0.3) is 15.6 Å². The predicted octanol–water partition coefficient (Wildman–Crippen LogP) is 5.57. The van der Waals surface area contributed by atoms with Gasteiger partial charge in [-0.05, 0) is 48.4 Å². The summed E-state index contributed by atoms with van der Waals surface area (Å²) in [6, 6.07) is 16.8. The van der Waals surface area contributed by atoms with Crippen LogP contribution in [-0.2, 0) is 29.5 Å². The second-order valence-corrected chi connectivity index (χ2v) is 12.2. The molecule has 5 rings (SSSR count). The molecule has 13 heteroatoms. The summed E-state index contributed by atoms with van der Waals surface area (Å²) in [6.45, 7) is 2.12. The number of H-pyrrole nitrogens is 1. The van der Waals surface area contributed by atoms with E-state index >= 15 is 0 Å². The first-order valence-corrected chi connectivity index (χ1v) is 15.3. The summed E-state index contributed by atoms with van der Waals surface area (Å²) in [6.07, 6.45) is 1.78. The molecule has 0 atom stereocenters. The van der Waals surface area contributed by atoms with Crippen molar-refractivity contribution in [2.75, 3.05) is 4.72 Å². The summed E-state index contributed by atoms with van der Waals surface area (Å²) >= 11 is 12.0. The third-order valence-corrected chi connectivity index (χ3v) is 8.79. The molecule has 9 nitrogen and oxygen atoms in total. The zero-order valence-electron chi connectivity index (χ0n) is 22.4. The van der Waals surface area contributed by atoms with E-state index in [0.717, 1.165) is 16.6 Å². The normalized spacial score (nSPS) is 11.7. The number of sulfonamides is 1. The third-order valence-electron chi connectivity index (χ3n) is 6.69. The molecule has 2 N–H and O–H groups in total. The number of unbranched alkanes of at least 4 members (excludes halogenated alkanes) is 1. The van der Waals surface area contributed by atoms with Crippen LogP contribution in [0.4, 0.5) is 10.1 Å². The molecule has 218 valence electrons. The summed E-state index contributed by atoms with van der Waals surface area (Å²) in [5, 5.41) is 0.277. The van der Waals surface area contributed by atoms with Crippen molar-refractivity contribution in [1.82, 2.24) is 19.1 Å². The van der Waals surface area contributed by atoms with Gasteiger partial charge in [-0.15, -0.1) is 0 Å². The van der Waals surface area contributed by atoms with Crippen molar-refractivity contribution in [1.29, 1.82) is 0 Å². The standard InChI is InChI=1S/C29H26Cl2FN5O4S/c1-2-3-14-36-27-26(28(38)37(29(36)39)17-19-6-4-5-7-23(19)32)33-25(34-27)15-18-8-11-21(12-9-18)35-42(40,41)24-16-20(30)10-13-22(24)31/h4-13,16,35H,2-3,14-15,17H2,1H3,(H,33,34). The van der Waals surface area contributed by atoms with E-state index in [1.165, 1.54) is 34.9 Å². The molecule has 0 saturated heterocycles. The molecule has 2 heterocycles. The number of halogens is 3. The van der Waals surface area contributed by atoms with Gasteiger partial charge in [0.2, 0.25) is 0 Å². The fraction of sp³-hybridized carbons (Fsp3) is 0.207.